The van der Waals surface area contributed by atoms with E-state index in [-0.39, 0.29) is 0 Å². The van der Waals surface area contributed by atoms with Crippen molar-refractivity contribution in [2.45, 2.75) is 39.0 Å². The van der Waals surface area contributed by atoms with Crippen molar-refractivity contribution in [3.63, 3.8) is 0 Å². The van der Waals surface area contributed by atoms with Crippen molar-refractivity contribution in [2.24, 2.45) is 0 Å². The van der Waals surface area contributed by atoms with Gasteiger partial charge in [0, 0.05) is 0 Å². The van der Waals surface area contributed by atoms with Gasteiger partial charge in [-0.2, -0.15) is 0 Å². The summed E-state index contributed by atoms with van der Waals surface area (Å²) in [5, 5.41) is 6.99. The highest BCUT2D eigenvalue weighted by Gasteiger charge is 1.89. The molecule has 0 rings (SSSR count). The quantitative estimate of drug-likeness (QED) is 0.268. The van der Waals surface area contributed by atoms with Gasteiger partial charge in [-0.05, 0) is 6.42 Å². The third-order valence-electron chi connectivity index (χ3n) is 1.57. The van der Waals surface area contributed by atoms with Crippen LogP contribution in [0.25, 0.3) is 0 Å². The van der Waals surface area contributed by atoms with Crippen LogP contribution in [0.3, 0.4) is 0 Å². The molecule has 0 saturated heterocycles. The highest BCUT2D eigenvalue weighted by Crippen LogP contribution is 2.01. The molecule has 11 heavy (non-hydrogen) atoms. The largest absolute Gasteiger partial charge is 0.491 e. The molecule has 3 heteroatoms. The van der Waals surface area contributed by atoms with E-state index in [4.69, 9.17) is 10.1 Å². The van der Waals surface area contributed by atoms with Crippen LogP contribution in [0.2, 0.25) is 0 Å². The van der Waals surface area contributed by atoms with Gasteiger partial charge in [0.2, 0.25) is 7.85 Å². The fourth-order valence-electron chi connectivity index (χ4n) is 0.931. The number of hydrogen-bond acceptors (Lipinski definition) is 2. The van der Waals surface area contributed by atoms with Crippen molar-refractivity contribution in [3.05, 3.63) is 0 Å². The van der Waals surface area contributed by atoms with E-state index in [9.17, 15) is 0 Å². The van der Waals surface area contributed by atoms with Crippen LogP contribution in [0.4, 0.5) is 0 Å². The summed E-state index contributed by atoms with van der Waals surface area (Å²) < 4.78 is 5.01. The maximum Gasteiger partial charge on any atom is 0.210 e. The average Bonchev–Trinajstić information content (AvgIpc) is 1.96. The van der Waals surface area contributed by atoms with Gasteiger partial charge >= 0.3 is 0 Å². The molecule has 0 aliphatic carbocycles. The van der Waals surface area contributed by atoms with Gasteiger partial charge in [-0.15, -0.1) is 0 Å². The van der Waals surface area contributed by atoms with Gasteiger partial charge in [0.25, 0.3) is 0 Å². The Labute approximate surface area is 70.2 Å². The van der Waals surface area contributed by atoms with Crippen LogP contribution in [0, 0.1) is 5.41 Å². The average molecular weight is 155 g/mol. The molecule has 0 aromatic carbocycles. The third-order valence-corrected chi connectivity index (χ3v) is 1.57. The number of hydrogen-bond donors (Lipinski definition) is 1. The van der Waals surface area contributed by atoms with Crippen molar-refractivity contribution >= 4 is 13.6 Å². The number of unbranched alkanes of at least 4 members (excludes halogenated alkanes) is 4. The highest BCUT2D eigenvalue weighted by molar-refractivity contribution is 6.55. The minimum absolute atomic E-state index is 0.334. The molecule has 0 bridgehead atoms. The van der Waals surface area contributed by atoms with Crippen molar-refractivity contribution in [3.8, 4) is 0 Å². The fraction of sp³-hybridized carbons (Fsp3) is 0.875. The second kappa shape index (κ2) is 7.64. The Morgan fingerprint density at radius 2 is 1.91 bits per heavy atom. The minimum Gasteiger partial charge on any atom is -0.491 e. The SMILES string of the molecule is BC(=N)OCCCCCCC. The molecule has 0 heterocycles. The first kappa shape index (κ1) is 10.5. The number of nitrogens with one attached hydrogen (secondary N) is 1. The Hall–Kier alpha value is -0.465. The standard InChI is InChI=1S/C8H18BNO/c1-2-3-4-5-6-7-11-8(9)10/h10H,2-7,9H2,1H3. The summed E-state index contributed by atoms with van der Waals surface area (Å²) >= 11 is 0. The summed E-state index contributed by atoms with van der Waals surface area (Å²) in [6.07, 6.45) is 6.24. The molecule has 0 saturated carbocycles. The van der Waals surface area contributed by atoms with E-state index in [2.05, 4.69) is 6.92 Å². The molecule has 0 amide bonds. The van der Waals surface area contributed by atoms with Crippen molar-refractivity contribution < 1.29 is 4.74 Å². The van der Waals surface area contributed by atoms with Gasteiger partial charge in [-0.25, -0.2) is 0 Å². The molecule has 0 spiro atoms. The van der Waals surface area contributed by atoms with E-state index < -0.39 is 0 Å². The maximum atomic E-state index is 6.99. The lowest BCUT2D eigenvalue weighted by Gasteiger charge is -2.02. The van der Waals surface area contributed by atoms with Gasteiger partial charge < -0.3 is 4.74 Å². The molecule has 0 aromatic rings. The van der Waals surface area contributed by atoms with E-state index in [1.54, 1.807) is 7.85 Å². The monoisotopic (exact) mass is 155 g/mol. The molecule has 0 aromatic heterocycles. The summed E-state index contributed by atoms with van der Waals surface area (Å²) in [7, 11) is 1.67. The third kappa shape index (κ3) is 9.53. The predicted molar refractivity (Wildman–Crippen MR) is 51.0 cm³/mol. The maximum absolute atomic E-state index is 6.99. The lowest BCUT2D eigenvalue weighted by molar-refractivity contribution is 0.297. The second-order valence-corrected chi connectivity index (χ2v) is 2.82. The Bertz CT molecular complexity index is 106. The first-order valence-electron chi connectivity index (χ1n) is 4.45. The van der Waals surface area contributed by atoms with Gasteiger partial charge in [0.1, 0.15) is 5.80 Å². The van der Waals surface area contributed by atoms with Gasteiger partial charge in [0.05, 0.1) is 6.61 Å². The van der Waals surface area contributed by atoms with Gasteiger partial charge in [-0.3, -0.25) is 5.41 Å². The molecule has 0 aliphatic rings. The van der Waals surface area contributed by atoms with E-state index >= 15 is 0 Å². The van der Waals surface area contributed by atoms with E-state index in [1.165, 1.54) is 25.7 Å². The van der Waals surface area contributed by atoms with Crippen molar-refractivity contribution in [2.75, 3.05) is 6.61 Å². The Morgan fingerprint density at radius 1 is 1.27 bits per heavy atom. The Kier molecular flexibility index (Phi) is 7.32. The lowest BCUT2D eigenvalue weighted by Crippen LogP contribution is -2.03. The van der Waals surface area contributed by atoms with Crippen LogP contribution in [-0.4, -0.2) is 20.3 Å². The summed E-state index contributed by atoms with van der Waals surface area (Å²) in [6.45, 7) is 2.93. The molecule has 0 fully saturated rings. The van der Waals surface area contributed by atoms with E-state index in [0.717, 1.165) is 13.0 Å². The summed E-state index contributed by atoms with van der Waals surface area (Å²) in [6, 6.07) is 0. The zero-order chi connectivity index (χ0) is 8.53. The highest BCUT2D eigenvalue weighted by atomic mass is 16.5. The first-order chi connectivity index (χ1) is 5.27. The van der Waals surface area contributed by atoms with Crippen LogP contribution >= 0.6 is 0 Å². The molecule has 0 unspecified atom stereocenters. The Morgan fingerprint density at radius 3 is 2.45 bits per heavy atom. The molecule has 64 valence electrons. The van der Waals surface area contributed by atoms with Crippen LogP contribution in [0.1, 0.15) is 39.0 Å². The normalized spacial score (nSPS) is 9.55. The summed E-state index contributed by atoms with van der Waals surface area (Å²) in [4.78, 5) is 0. The molecular formula is C8H18BNO. The predicted octanol–water partition coefficient (Wildman–Crippen LogP) is 1.54. The van der Waals surface area contributed by atoms with Crippen molar-refractivity contribution in [1.82, 2.24) is 0 Å². The molecular weight excluding hydrogens is 137 g/mol. The van der Waals surface area contributed by atoms with Crippen LogP contribution in [0.5, 0.6) is 0 Å². The van der Waals surface area contributed by atoms with Gasteiger partial charge in [0.15, 0.2) is 0 Å². The molecule has 0 aliphatic heterocycles. The summed E-state index contributed by atoms with van der Waals surface area (Å²) in [5.41, 5.74) is 0. The van der Waals surface area contributed by atoms with E-state index in [1.807, 2.05) is 0 Å². The first-order valence-corrected chi connectivity index (χ1v) is 4.45. The van der Waals surface area contributed by atoms with Crippen LogP contribution < -0.4 is 0 Å². The topological polar surface area (TPSA) is 33.1 Å². The zero-order valence-electron chi connectivity index (χ0n) is 7.65. The smallest absolute Gasteiger partial charge is 0.210 e. The molecule has 2 nitrogen and oxygen atoms in total. The molecule has 0 atom stereocenters. The Balaban J connectivity index is 2.85. The molecule has 0 radical (unpaired) electrons. The number of ether oxygens (including phenoxy) is 1. The molecule has 1 N–H and O–H groups in total. The minimum atomic E-state index is 0.334. The lowest BCUT2D eigenvalue weighted by atomic mass is 10.1. The van der Waals surface area contributed by atoms with E-state index in [0.29, 0.717) is 5.80 Å². The van der Waals surface area contributed by atoms with Crippen LogP contribution in [0.15, 0.2) is 0 Å². The van der Waals surface area contributed by atoms with Gasteiger partial charge in [-0.1, -0.05) is 32.6 Å². The van der Waals surface area contributed by atoms with Crippen LogP contribution in [-0.2, 0) is 4.74 Å². The fourth-order valence-corrected chi connectivity index (χ4v) is 0.931. The summed E-state index contributed by atoms with van der Waals surface area (Å²) in [5.74, 6) is 0.334. The number of rotatable bonds is 6. The zero-order valence-corrected chi connectivity index (χ0v) is 7.65. The van der Waals surface area contributed by atoms with Crippen molar-refractivity contribution in [1.29, 1.82) is 5.41 Å². The second-order valence-electron chi connectivity index (χ2n) is 2.82.